The van der Waals surface area contributed by atoms with Crippen molar-refractivity contribution in [3.8, 4) is 0 Å². The smallest absolute Gasteiger partial charge is 0.369 e. The molecule has 0 spiro atoms. The second kappa shape index (κ2) is 4.70. The number of halogens is 6. The molecular weight excluding hydrogens is 274 g/mol. The molecule has 1 aromatic rings. The molecule has 0 saturated carbocycles. The van der Waals surface area contributed by atoms with Gasteiger partial charge in [0.05, 0.1) is 0 Å². The van der Waals surface area contributed by atoms with E-state index < -0.39 is 23.5 Å². The van der Waals surface area contributed by atoms with Gasteiger partial charge in [0, 0.05) is 5.56 Å². The van der Waals surface area contributed by atoms with E-state index in [1.807, 2.05) is 0 Å². The monoisotopic (exact) mass is 285 g/mol. The zero-order valence-electron chi connectivity index (χ0n) is 10.1. The Hall–Kier alpha value is -1.24. The van der Waals surface area contributed by atoms with Crippen LogP contribution in [0.3, 0.4) is 0 Å². The minimum atomic E-state index is -5.86. The van der Waals surface area contributed by atoms with Crippen molar-refractivity contribution in [1.82, 2.24) is 0 Å². The van der Waals surface area contributed by atoms with Crippen molar-refractivity contribution in [3.05, 3.63) is 34.9 Å². The maximum Gasteiger partial charge on any atom is 0.430 e. The van der Waals surface area contributed by atoms with E-state index in [-0.39, 0.29) is 17.5 Å². The maximum atomic E-state index is 12.8. The van der Waals surface area contributed by atoms with Gasteiger partial charge >= 0.3 is 12.4 Å². The van der Waals surface area contributed by atoms with Crippen LogP contribution >= 0.6 is 0 Å². The zero-order valence-corrected chi connectivity index (χ0v) is 10.1. The molecule has 0 fully saturated rings. The average Bonchev–Trinajstić information content (AvgIpc) is 2.24. The number of rotatable bonds is 2. The van der Waals surface area contributed by atoms with E-state index in [0.717, 1.165) is 0 Å². The highest BCUT2D eigenvalue weighted by molar-refractivity contribution is 5.37. The standard InChI is InChI=1S/C12H11F6O/c1-3-8-5-4-7(2)6-9(8)10(19,11(13,14)15)12(16,17)18/h4,6,19H,3H2,1-2H3. The van der Waals surface area contributed by atoms with Gasteiger partial charge in [-0.05, 0) is 25.0 Å². The van der Waals surface area contributed by atoms with Gasteiger partial charge in [-0.1, -0.05) is 24.6 Å². The van der Waals surface area contributed by atoms with Crippen LogP contribution in [0.15, 0.2) is 12.1 Å². The van der Waals surface area contributed by atoms with Crippen LogP contribution in [-0.4, -0.2) is 17.5 Å². The molecule has 1 nitrogen and oxygen atoms in total. The first-order valence-electron chi connectivity index (χ1n) is 5.32. The molecule has 1 radical (unpaired) electrons. The van der Waals surface area contributed by atoms with E-state index in [0.29, 0.717) is 6.07 Å². The van der Waals surface area contributed by atoms with Crippen LogP contribution in [0.1, 0.15) is 23.6 Å². The molecule has 0 aliphatic carbocycles. The van der Waals surface area contributed by atoms with Gasteiger partial charge in [-0.25, -0.2) is 0 Å². The number of aryl methyl sites for hydroxylation is 2. The molecule has 0 bridgehead atoms. The van der Waals surface area contributed by atoms with Crippen LogP contribution in [0.5, 0.6) is 0 Å². The molecule has 1 rings (SSSR count). The summed E-state index contributed by atoms with van der Waals surface area (Å²) in [4.78, 5) is 0. The van der Waals surface area contributed by atoms with E-state index >= 15 is 0 Å². The number of hydrogen-bond acceptors (Lipinski definition) is 1. The molecular formula is C12H11F6O. The maximum absolute atomic E-state index is 12.8. The van der Waals surface area contributed by atoms with Gasteiger partial charge in [0.1, 0.15) is 0 Å². The lowest BCUT2D eigenvalue weighted by Gasteiger charge is -2.34. The van der Waals surface area contributed by atoms with Crippen molar-refractivity contribution >= 4 is 0 Å². The van der Waals surface area contributed by atoms with Crippen molar-refractivity contribution in [2.45, 2.75) is 38.2 Å². The molecule has 0 amide bonds. The third-order valence-electron chi connectivity index (χ3n) is 2.74. The van der Waals surface area contributed by atoms with E-state index in [2.05, 4.69) is 6.07 Å². The first-order valence-corrected chi connectivity index (χ1v) is 5.32. The third-order valence-corrected chi connectivity index (χ3v) is 2.74. The molecule has 0 atom stereocenters. The fourth-order valence-electron chi connectivity index (χ4n) is 1.72. The minimum Gasteiger partial charge on any atom is -0.369 e. The van der Waals surface area contributed by atoms with E-state index in [1.165, 1.54) is 19.9 Å². The Bertz CT molecular complexity index is 446. The minimum absolute atomic E-state index is 0.107. The summed E-state index contributed by atoms with van der Waals surface area (Å²) in [7, 11) is 0. The van der Waals surface area contributed by atoms with E-state index in [4.69, 9.17) is 0 Å². The molecule has 0 saturated heterocycles. The van der Waals surface area contributed by atoms with Gasteiger partial charge in [0.15, 0.2) is 0 Å². The Morgan fingerprint density at radius 3 is 1.95 bits per heavy atom. The van der Waals surface area contributed by atoms with Crippen molar-refractivity contribution < 1.29 is 31.4 Å². The normalized spacial score (nSPS) is 13.7. The molecule has 107 valence electrons. The molecule has 19 heavy (non-hydrogen) atoms. The van der Waals surface area contributed by atoms with Crippen LogP contribution in [0.25, 0.3) is 0 Å². The number of benzene rings is 1. The van der Waals surface area contributed by atoms with Gasteiger partial charge in [-0.3, -0.25) is 0 Å². The summed E-state index contributed by atoms with van der Waals surface area (Å²) in [6, 6.07) is 4.31. The highest BCUT2D eigenvalue weighted by Crippen LogP contribution is 2.51. The van der Waals surface area contributed by atoms with Crippen molar-refractivity contribution in [3.63, 3.8) is 0 Å². The second-order valence-electron chi connectivity index (χ2n) is 4.13. The Morgan fingerprint density at radius 1 is 1.11 bits per heavy atom. The van der Waals surface area contributed by atoms with E-state index in [9.17, 15) is 31.4 Å². The topological polar surface area (TPSA) is 20.2 Å². The summed E-state index contributed by atoms with van der Waals surface area (Å²) in [5, 5.41) is 9.32. The largest absolute Gasteiger partial charge is 0.430 e. The average molecular weight is 285 g/mol. The third kappa shape index (κ3) is 2.56. The fraction of sp³-hybridized carbons (Fsp3) is 0.500. The molecule has 7 heteroatoms. The molecule has 0 aliphatic heterocycles. The Kier molecular flexibility index (Phi) is 3.91. The molecule has 0 aromatic heterocycles. The summed E-state index contributed by atoms with van der Waals surface area (Å²) in [5.74, 6) is 0. The quantitative estimate of drug-likeness (QED) is 0.822. The number of aliphatic hydroxyl groups is 1. The highest BCUT2D eigenvalue weighted by atomic mass is 19.4. The first kappa shape index (κ1) is 15.8. The van der Waals surface area contributed by atoms with Crippen LogP contribution in [0.2, 0.25) is 0 Å². The lowest BCUT2D eigenvalue weighted by atomic mass is 9.86. The molecule has 0 heterocycles. The molecule has 1 N–H and O–H groups in total. The summed E-state index contributed by atoms with van der Waals surface area (Å²) in [6.07, 6.45) is -11.8. The summed E-state index contributed by atoms with van der Waals surface area (Å²) < 4.78 is 76.5. The van der Waals surface area contributed by atoms with E-state index in [1.54, 1.807) is 0 Å². The molecule has 1 aromatic carbocycles. The van der Waals surface area contributed by atoms with Gasteiger partial charge in [0.2, 0.25) is 0 Å². The predicted octanol–water partition coefficient (Wildman–Crippen LogP) is 3.67. The SMILES string of the molecule is CCc1[c]cc(C)cc1C(O)(C(F)(F)F)C(F)(F)F. The van der Waals surface area contributed by atoms with Gasteiger partial charge in [0.25, 0.3) is 5.60 Å². The van der Waals surface area contributed by atoms with Crippen LogP contribution in [-0.2, 0) is 12.0 Å². The van der Waals surface area contributed by atoms with Crippen LogP contribution < -0.4 is 0 Å². The predicted molar refractivity (Wildman–Crippen MR) is 55.4 cm³/mol. The summed E-state index contributed by atoms with van der Waals surface area (Å²) >= 11 is 0. The molecule has 0 unspecified atom stereocenters. The lowest BCUT2D eigenvalue weighted by Crippen LogP contribution is -2.54. The Labute approximate surface area is 105 Å². The fourth-order valence-corrected chi connectivity index (χ4v) is 1.72. The van der Waals surface area contributed by atoms with Crippen molar-refractivity contribution in [2.75, 3.05) is 0 Å². The van der Waals surface area contributed by atoms with Crippen LogP contribution in [0.4, 0.5) is 26.3 Å². The summed E-state index contributed by atoms with van der Waals surface area (Å²) in [6.45, 7) is 2.71. The van der Waals surface area contributed by atoms with Crippen LogP contribution in [0, 0.1) is 13.0 Å². The van der Waals surface area contributed by atoms with Gasteiger partial charge in [-0.2, -0.15) is 26.3 Å². The number of hydrogen-bond donors (Lipinski definition) is 1. The van der Waals surface area contributed by atoms with Gasteiger partial charge in [-0.15, -0.1) is 0 Å². The first-order chi connectivity index (χ1) is 8.45. The lowest BCUT2D eigenvalue weighted by molar-refractivity contribution is -0.376. The molecule has 0 aliphatic rings. The Balaban J connectivity index is 3.65. The van der Waals surface area contributed by atoms with Gasteiger partial charge < -0.3 is 5.11 Å². The second-order valence-corrected chi connectivity index (χ2v) is 4.13. The zero-order chi connectivity index (χ0) is 15.1. The van der Waals surface area contributed by atoms with Crippen molar-refractivity contribution in [1.29, 1.82) is 0 Å². The Morgan fingerprint density at radius 2 is 1.58 bits per heavy atom. The van der Waals surface area contributed by atoms with Crippen molar-refractivity contribution in [2.24, 2.45) is 0 Å². The number of alkyl halides is 6. The highest BCUT2D eigenvalue weighted by Gasteiger charge is 2.71. The summed E-state index contributed by atoms with van der Waals surface area (Å²) in [5.41, 5.74) is -6.26.